The molecule has 42 heavy (non-hydrogen) atoms. The molecule has 4 heteroatoms. The summed E-state index contributed by atoms with van der Waals surface area (Å²) in [4.78, 5) is 0. The molecule has 0 spiro atoms. The van der Waals surface area contributed by atoms with E-state index >= 15 is 0 Å². The van der Waals surface area contributed by atoms with Crippen molar-refractivity contribution in [2.45, 2.75) is 50.9 Å². The van der Waals surface area contributed by atoms with Crippen molar-refractivity contribution >= 4 is 22.7 Å². The van der Waals surface area contributed by atoms with E-state index in [1.807, 2.05) is 7.05 Å². The molecule has 0 amide bonds. The normalized spacial score (nSPS) is 23.7. The zero-order valence-electron chi connectivity index (χ0n) is 25.0. The molecule has 4 aromatic rings. The first-order valence-electron chi connectivity index (χ1n) is 15.8. The van der Waals surface area contributed by atoms with Crippen LogP contribution in [0.2, 0.25) is 0 Å². The molecule has 4 nitrogen and oxygen atoms in total. The van der Waals surface area contributed by atoms with Crippen LogP contribution in [0, 0.1) is 29.6 Å². The Hall–Kier alpha value is -3.92. The number of hydrogen-bond donors (Lipinski definition) is 4. The highest BCUT2D eigenvalue weighted by atomic mass is 14.8. The second kappa shape index (κ2) is 12.1. The van der Waals surface area contributed by atoms with Crippen molar-refractivity contribution in [1.82, 2.24) is 0 Å². The fourth-order valence-corrected chi connectivity index (χ4v) is 8.69. The first kappa shape index (κ1) is 28.2. The summed E-state index contributed by atoms with van der Waals surface area (Å²) in [6, 6.07) is 34.8. The van der Waals surface area contributed by atoms with E-state index in [9.17, 15) is 0 Å². The van der Waals surface area contributed by atoms with E-state index in [0.29, 0.717) is 17.8 Å². The largest absolute Gasteiger partial charge is 0.399 e. The lowest BCUT2D eigenvalue weighted by molar-refractivity contribution is 0.134. The fourth-order valence-electron chi connectivity index (χ4n) is 8.69. The van der Waals surface area contributed by atoms with Gasteiger partial charge in [-0.15, -0.1) is 0 Å². The number of rotatable bonds is 10. The zero-order valence-corrected chi connectivity index (χ0v) is 25.0. The van der Waals surface area contributed by atoms with Gasteiger partial charge in [0.05, 0.1) is 0 Å². The highest BCUT2D eigenvalue weighted by Gasteiger charge is 2.53. The Bertz CT molecular complexity index is 1400. The number of nitrogens with two attached hydrogens (primary N) is 3. The summed E-state index contributed by atoms with van der Waals surface area (Å²) in [7, 11) is 1.98. The summed E-state index contributed by atoms with van der Waals surface area (Å²) in [5.41, 5.74) is 27.4. The van der Waals surface area contributed by atoms with Gasteiger partial charge >= 0.3 is 0 Å². The van der Waals surface area contributed by atoms with Crippen molar-refractivity contribution in [3.8, 4) is 0 Å². The molecule has 2 saturated carbocycles. The van der Waals surface area contributed by atoms with Crippen LogP contribution in [0.15, 0.2) is 97.1 Å². The van der Waals surface area contributed by atoms with Crippen LogP contribution < -0.4 is 22.5 Å². The van der Waals surface area contributed by atoms with Gasteiger partial charge in [-0.3, -0.25) is 0 Å². The lowest BCUT2D eigenvalue weighted by Gasteiger charge is -2.40. The third-order valence-electron chi connectivity index (χ3n) is 10.6. The third-order valence-corrected chi connectivity index (χ3v) is 10.6. The Balaban J connectivity index is 1.30. The molecule has 0 aliphatic heterocycles. The molecule has 7 N–H and O–H groups in total. The van der Waals surface area contributed by atoms with E-state index in [4.69, 9.17) is 17.2 Å². The summed E-state index contributed by atoms with van der Waals surface area (Å²) >= 11 is 0. The van der Waals surface area contributed by atoms with Crippen molar-refractivity contribution in [3.63, 3.8) is 0 Å². The van der Waals surface area contributed by atoms with Crippen molar-refractivity contribution in [3.05, 3.63) is 119 Å². The molecule has 2 bridgehead atoms. The Kier molecular flexibility index (Phi) is 8.15. The molecule has 2 fully saturated rings. The van der Waals surface area contributed by atoms with Gasteiger partial charge in [-0.05, 0) is 126 Å². The van der Waals surface area contributed by atoms with Gasteiger partial charge in [0.15, 0.2) is 0 Å². The van der Waals surface area contributed by atoms with Crippen LogP contribution >= 0.6 is 0 Å². The van der Waals surface area contributed by atoms with Gasteiger partial charge in [0.2, 0.25) is 0 Å². The van der Waals surface area contributed by atoms with Gasteiger partial charge in [-0.25, -0.2) is 0 Å². The average molecular weight is 559 g/mol. The van der Waals surface area contributed by atoms with Gasteiger partial charge < -0.3 is 22.5 Å². The summed E-state index contributed by atoms with van der Waals surface area (Å²) in [5.74, 6) is 4.42. The predicted molar refractivity (Wildman–Crippen MR) is 178 cm³/mol. The van der Waals surface area contributed by atoms with Crippen LogP contribution in [0.5, 0.6) is 0 Å². The van der Waals surface area contributed by atoms with E-state index in [1.165, 1.54) is 47.9 Å². The van der Waals surface area contributed by atoms with E-state index in [2.05, 4.69) is 109 Å². The number of benzene rings is 4. The maximum absolute atomic E-state index is 6.12. The minimum atomic E-state index is 0.358. The average Bonchev–Trinajstić information content (AvgIpc) is 3.59. The highest BCUT2D eigenvalue weighted by molar-refractivity contribution is 5.48. The summed E-state index contributed by atoms with van der Waals surface area (Å²) in [5, 5.41) is 3.27. The molecule has 0 heterocycles. The number of nitrogens with one attached hydrogen (secondary N) is 1. The molecular weight excluding hydrogens is 512 g/mol. The number of fused-ring (bicyclic) bond motifs is 2. The monoisotopic (exact) mass is 558 g/mol. The van der Waals surface area contributed by atoms with Crippen LogP contribution in [-0.4, -0.2) is 7.05 Å². The van der Waals surface area contributed by atoms with Gasteiger partial charge in [0.25, 0.3) is 0 Å². The molecule has 6 rings (SSSR count). The molecule has 6 atom stereocenters. The SMILES string of the molecule is CCC1C2CC(C(c3ccc(N)cc3)c3ccc(N)cc3)C(C2)C1CCC(c1ccc(N)cc1)c1ccc(NC)cc1. The second-order valence-corrected chi connectivity index (χ2v) is 12.8. The Morgan fingerprint density at radius 3 is 1.60 bits per heavy atom. The minimum Gasteiger partial charge on any atom is -0.399 e. The minimum absolute atomic E-state index is 0.358. The lowest BCUT2D eigenvalue weighted by Crippen LogP contribution is -2.32. The molecule has 2 aliphatic rings. The Labute approximate surface area is 251 Å². The molecule has 4 aromatic carbocycles. The first-order chi connectivity index (χ1) is 20.4. The molecule has 218 valence electrons. The number of nitrogen functional groups attached to an aromatic ring is 3. The van der Waals surface area contributed by atoms with E-state index in [0.717, 1.165) is 52.8 Å². The Morgan fingerprint density at radius 2 is 1.12 bits per heavy atom. The topological polar surface area (TPSA) is 90.1 Å². The standard InChI is InChI=1S/C38H46N4/c1-3-33-28-22-36(37(23-28)38(26-6-14-30(40)15-7-26)27-8-16-31(41)17-9-27)35(33)21-20-34(24-4-12-29(39)13-5-24)25-10-18-32(42-2)19-11-25/h4-19,28,33-38,42H,3,20-23,39-41H2,1-2H3. The fraction of sp³-hybridized carbons (Fsp3) is 0.368. The lowest BCUT2D eigenvalue weighted by atomic mass is 9.64. The predicted octanol–water partition coefficient (Wildman–Crippen LogP) is 8.52. The van der Waals surface area contributed by atoms with Gasteiger partial charge in [0.1, 0.15) is 0 Å². The maximum atomic E-state index is 6.12. The van der Waals surface area contributed by atoms with E-state index in [1.54, 1.807) is 0 Å². The van der Waals surface area contributed by atoms with E-state index in [-0.39, 0.29) is 0 Å². The van der Waals surface area contributed by atoms with Crippen LogP contribution in [0.4, 0.5) is 22.7 Å². The zero-order chi connectivity index (χ0) is 29.2. The summed E-state index contributed by atoms with van der Waals surface area (Å²) < 4.78 is 0. The summed E-state index contributed by atoms with van der Waals surface area (Å²) in [6.07, 6.45) is 6.34. The molecule has 0 aromatic heterocycles. The highest BCUT2D eigenvalue weighted by Crippen LogP contribution is 2.62. The van der Waals surface area contributed by atoms with Gasteiger partial charge in [0, 0.05) is 41.6 Å². The third kappa shape index (κ3) is 5.60. The first-order valence-corrected chi connectivity index (χ1v) is 15.8. The number of anilines is 4. The molecule has 2 aliphatic carbocycles. The van der Waals surface area contributed by atoms with Crippen molar-refractivity contribution < 1.29 is 0 Å². The molecule has 6 unspecified atom stereocenters. The van der Waals surface area contributed by atoms with Crippen molar-refractivity contribution in [1.29, 1.82) is 0 Å². The van der Waals surface area contributed by atoms with E-state index < -0.39 is 0 Å². The molecule has 0 saturated heterocycles. The van der Waals surface area contributed by atoms with Crippen LogP contribution in [-0.2, 0) is 0 Å². The van der Waals surface area contributed by atoms with Gasteiger partial charge in [-0.2, -0.15) is 0 Å². The molecule has 0 radical (unpaired) electrons. The number of hydrogen-bond acceptors (Lipinski definition) is 4. The van der Waals surface area contributed by atoms with Crippen LogP contribution in [0.3, 0.4) is 0 Å². The van der Waals surface area contributed by atoms with Crippen molar-refractivity contribution in [2.75, 3.05) is 29.6 Å². The maximum Gasteiger partial charge on any atom is 0.0337 e. The van der Waals surface area contributed by atoms with Crippen LogP contribution in [0.1, 0.15) is 73.1 Å². The summed E-state index contributed by atoms with van der Waals surface area (Å²) in [6.45, 7) is 2.42. The quantitative estimate of drug-likeness (QED) is 0.147. The smallest absolute Gasteiger partial charge is 0.0337 e. The van der Waals surface area contributed by atoms with Crippen LogP contribution in [0.25, 0.3) is 0 Å². The second-order valence-electron chi connectivity index (χ2n) is 12.8. The Morgan fingerprint density at radius 1 is 0.643 bits per heavy atom. The molecular formula is C38H46N4. The van der Waals surface area contributed by atoms with Crippen molar-refractivity contribution in [2.24, 2.45) is 29.6 Å². The van der Waals surface area contributed by atoms with Gasteiger partial charge in [-0.1, -0.05) is 61.9 Å².